The van der Waals surface area contributed by atoms with Crippen molar-refractivity contribution in [3.05, 3.63) is 62.9 Å². The summed E-state index contributed by atoms with van der Waals surface area (Å²) in [6, 6.07) is 6.42. The van der Waals surface area contributed by atoms with E-state index < -0.39 is 24.5 Å². The number of ether oxygens (including phenoxy) is 3. The van der Waals surface area contributed by atoms with Crippen molar-refractivity contribution in [1.82, 2.24) is 5.16 Å². The zero-order chi connectivity index (χ0) is 24.9. The number of esters is 2. The van der Waals surface area contributed by atoms with Crippen LogP contribution in [0.15, 0.2) is 28.8 Å². The molecule has 2 heterocycles. The molecule has 1 amide bonds. The highest BCUT2D eigenvalue weighted by atomic mass is 32.1. The van der Waals surface area contributed by atoms with Crippen molar-refractivity contribution >= 4 is 34.2 Å². The van der Waals surface area contributed by atoms with Crippen LogP contribution in [0.5, 0.6) is 5.75 Å². The van der Waals surface area contributed by atoms with E-state index in [-0.39, 0.29) is 12.2 Å². The van der Waals surface area contributed by atoms with Gasteiger partial charge in [0.25, 0.3) is 5.91 Å². The number of anilines is 1. The molecule has 0 fully saturated rings. The Bertz CT molecular complexity index is 1220. The van der Waals surface area contributed by atoms with Gasteiger partial charge in [-0.25, -0.2) is 9.59 Å². The van der Waals surface area contributed by atoms with Crippen LogP contribution in [0.2, 0.25) is 0 Å². The van der Waals surface area contributed by atoms with Crippen LogP contribution in [-0.2, 0) is 33.7 Å². The molecule has 0 unspecified atom stereocenters. The lowest BCUT2D eigenvalue weighted by molar-refractivity contribution is -0.119. The fourth-order valence-electron chi connectivity index (χ4n) is 3.84. The van der Waals surface area contributed by atoms with Crippen LogP contribution < -0.4 is 10.1 Å². The maximum Gasteiger partial charge on any atom is 0.341 e. The number of aromatic nitrogens is 1. The lowest BCUT2D eigenvalue weighted by Gasteiger charge is -2.09. The van der Waals surface area contributed by atoms with Gasteiger partial charge in [-0.05, 0) is 69.9 Å². The van der Waals surface area contributed by atoms with Gasteiger partial charge in [0.05, 0.1) is 29.0 Å². The lowest BCUT2D eigenvalue weighted by Crippen LogP contribution is -2.22. The maximum atomic E-state index is 12.4. The molecule has 0 saturated carbocycles. The normalized spacial score (nSPS) is 12.2. The van der Waals surface area contributed by atoms with Crippen LogP contribution >= 0.6 is 11.3 Å². The van der Waals surface area contributed by atoms with Gasteiger partial charge >= 0.3 is 11.9 Å². The monoisotopic (exact) mass is 498 g/mol. The molecule has 0 atom stereocenters. The minimum absolute atomic E-state index is 0.248. The number of hydrogen-bond acceptors (Lipinski definition) is 9. The average molecular weight is 499 g/mol. The largest absolute Gasteiger partial charge is 0.489 e. The van der Waals surface area contributed by atoms with E-state index in [1.54, 1.807) is 31.2 Å². The molecule has 1 aromatic carbocycles. The van der Waals surface area contributed by atoms with Crippen molar-refractivity contribution < 1.29 is 33.1 Å². The van der Waals surface area contributed by atoms with Crippen LogP contribution in [-0.4, -0.2) is 36.2 Å². The fraction of sp³-hybridized carbons (Fsp3) is 0.360. The molecule has 0 bridgehead atoms. The van der Waals surface area contributed by atoms with Crippen LogP contribution in [0.4, 0.5) is 5.00 Å². The summed E-state index contributed by atoms with van der Waals surface area (Å²) in [4.78, 5) is 38.3. The number of benzene rings is 1. The second-order valence-electron chi connectivity index (χ2n) is 8.02. The Morgan fingerprint density at radius 2 is 1.86 bits per heavy atom. The van der Waals surface area contributed by atoms with E-state index in [1.165, 1.54) is 11.3 Å². The molecular formula is C25H26N2O7S. The van der Waals surface area contributed by atoms with E-state index in [1.807, 2.05) is 13.8 Å². The van der Waals surface area contributed by atoms with Crippen LogP contribution in [0, 0.1) is 13.8 Å². The Labute approximate surface area is 206 Å². The van der Waals surface area contributed by atoms with E-state index in [0.717, 1.165) is 41.0 Å². The van der Waals surface area contributed by atoms with Gasteiger partial charge in [-0.3, -0.25) is 4.79 Å². The molecule has 1 aliphatic rings. The number of fused-ring (bicyclic) bond motifs is 1. The van der Waals surface area contributed by atoms with E-state index in [2.05, 4.69) is 10.5 Å². The Balaban J connectivity index is 1.31. The molecule has 0 radical (unpaired) electrons. The van der Waals surface area contributed by atoms with Gasteiger partial charge < -0.3 is 24.1 Å². The third-order valence-corrected chi connectivity index (χ3v) is 6.85. The van der Waals surface area contributed by atoms with Crippen LogP contribution in [0.25, 0.3) is 0 Å². The zero-order valence-electron chi connectivity index (χ0n) is 19.8. The van der Waals surface area contributed by atoms with Gasteiger partial charge in [0, 0.05) is 4.88 Å². The summed E-state index contributed by atoms with van der Waals surface area (Å²) in [5.41, 5.74) is 3.28. The highest BCUT2D eigenvalue weighted by Gasteiger charge is 2.28. The van der Waals surface area contributed by atoms with E-state index in [9.17, 15) is 14.4 Å². The highest BCUT2D eigenvalue weighted by molar-refractivity contribution is 7.17. The van der Waals surface area contributed by atoms with Crippen molar-refractivity contribution in [2.75, 3.05) is 18.5 Å². The fourth-order valence-corrected chi connectivity index (χ4v) is 5.13. The second kappa shape index (κ2) is 10.7. The molecule has 9 nitrogen and oxygen atoms in total. The first-order chi connectivity index (χ1) is 16.9. The molecule has 1 N–H and O–H groups in total. The van der Waals surface area contributed by atoms with Crippen LogP contribution in [0.3, 0.4) is 0 Å². The number of carbonyl (C=O) groups excluding carboxylic acids is 3. The third kappa shape index (κ3) is 5.54. The van der Waals surface area contributed by atoms with E-state index in [0.29, 0.717) is 28.7 Å². The average Bonchev–Trinajstić information content (AvgIpc) is 3.51. The summed E-state index contributed by atoms with van der Waals surface area (Å²) in [5.74, 6) is -0.352. The van der Waals surface area contributed by atoms with Gasteiger partial charge in [0.1, 0.15) is 23.1 Å². The zero-order valence-corrected chi connectivity index (χ0v) is 20.6. The van der Waals surface area contributed by atoms with Gasteiger partial charge in [0.15, 0.2) is 6.61 Å². The van der Waals surface area contributed by atoms with Crippen molar-refractivity contribution in [3.63, 3.8) is 0 Å². The summed E-state index contributed by atoms with van der Waals surface area (Å²) in [6.45, 7) is 5.46. The molecule has 1 aliphatic carbocycles. The van der Waals surface area contributed by atoms with Gasteiger partial charge in [0.2, 0.25) is 0 Å². The molecule has 3 aromatic rings. The topological polar surface area (TPSA) is 117 Å². The van der Waals surface area contributed by atoms with Crippen LogP contribution in [0.1, 0.15) is 61.5 Å². The van der Waals surface area contributed by atoms with Gasteiger partial charge in [-0.1, -0.05) is 5.16 Å². The minimum Gasteiger partial charge on any atom is -0.489 e. The summed E-state index contributed by atoms with van der Waals surface area (Å²) in [6.07, 6.45) is 2.63. The Kier molecular flexibility index (Phi) is 7.50. The minimum atomic E-state index is -0.642. The summed E-state index contributed by atoms with van der Waals surface area (Å²) in [5, 5.41) is 7.03. The molecule has 2 aromatic heterocycles. The first-order valence-electron chi connectivity index (χ1n) is 11.3. The molecule has 0 aliphatic heterocycles. The van der Waals surface area contributed by atoms with Crippen molar-refractivity contribution in [3.8, 4) is 5.75 Å². The van der Waals surface area contributed by atoms with Gasteiger partial charge in [-0.2, -0.15) is 0 Å². The highest BCUT2D eigenvalue weighted by Crippen LogP contribution is 2.39. The first kappa shape index (κ1) is 24.5. The number of aryl methyl sites for hydroxylation is 3. The Morgan fingerprint density at radius 1 is 1.09 bits per heavy atom. The molecular weight excluding hydrogens is 472 g/mol. The molecule has 184 valence electrons. The quantitative estimate of drug-likeness (QED) is 0.432. The SMILES string of the molecule is CCOC(=O)c1c(NC(=O)COC(=O)c2ccc(OCc3c(C)noc3C)cc2)sc2c1CCC2. The number of amides is 1. The predicted molar refractivity (Wildman–Crippen MR) is 128 cm³/mol. The van der Waals surface area contributed by atoms with E-state index >= 15 is 0 Å². The Morgan fingerprint density at radius 3 is 2.54 bits per heavy atom. The third-order valence-electron chi connectivity index (χ3n) is 5.64. The van der Waals surface area contributed by atoms with E-state index in [4.69, 9.17) is 18.7 Å². The molecule has 0 saturated heterocycles. The predicted octanol–water partition coefficient (Wildman–Crippen LogP) is 4.39. The summed E-state index contributed by atoms with van der Waals surface area (Å²) in [7, 11) is 0. The number of carbonyl (C=O) groups is 3. The number of nitrogens with one attached hydrogen (secondary N) is 1. The molecule has 10 heteroatoms. The van der Waals surface area contributed by atoms with Crippen molar-refractivity contribution in [2.45, 2.75) is 46.6 Å². The van der Waals surface area contributed by atoms with Crippen molar-refractivity contribution in [2.24, 2.45) is 0 Å². The molecule has 4 rings (SSSR count). The van der Waals surface area contributed by atoms with Crippen molar-refractivity contribution in [1.29, 1.82) is 0 Å². The van der Waals surface area contributed by atoms with Gasteiger partial charge in [-0.15, -0.1) is 11.3 Å². The second-order valence-corrected chi connectivity index (χ2v) is 9.13. The Hall–Kier alpha value is -3.66. The number of hydrogen-bond donors (Lipinski definition) is 1. The smallest absolute Gasteiger partial charge is 0.341 e. The number of rotatable bonds is 9. The summed E-state index contributed by atoms with van der Waals surface area (Å²) >= 11 is 1.37. The molecule has 35 heavy (non-hydrogen) atoms. The number of nitrogens with zero attached hydrogens (tertiary/aromatic N) is 1. The standard InChI is InChI=1S/C25H26N2O7S/c1-4-31-25(30)22-18-6-5-7-20(18)35-23(22)26-21(28)13-33-24(29)16-8-10-17(11-9-16)32-12-19-14(2)27-34-15(19)3/h8-11H,4-7,12-13H2,1-3H3,(H,26,28). The maximum absolute atomic E-state index is 12.4. The molecule has 0 spiro atoms. The first-order valence-corrected chi connectivity index (χ1v) is 12.1. The lowest BCUT2D eigenvalue weighted by atomic mass is 10.1. The number of thiophene rings is 1. The summed E-state index contributed by atoms with van der Waals surface area (Å²) < 4.78 is 21.2.